The molecule has 0 bridgehead atoms. The predicted molar refractivity (Wildman–Crippen MR) is 115 cm³/mol. The molecule has 1 aliphatic heterocycles. The molecule has 6 heteroatoms. The minimum Gasteiger partial charge on any atom is -0.369 e. The number of benzene rings is 1. The van der Waals surface area contributed by atoms with Gasteiger partial charge in [-0.2, -0.15) is 11.8 Å². The zero-order chi connectivity index (χ0) is 16.0. The van der Waals surface area contributed by atoms with Crippen molar-refractivity contribution in [2.24, 2.45) is 4.99 Å². The molecule has 130 valence electrons. The van der Waals surface area contributed by atoms with Crippen molar-refractivity contribution in [3.63, 3.8) is 0 Å². The minimum atomic E-state index is 0. The maximum absolute atomic E-state index is 4.35. The van der Waals surface area contributed by atoms with Crippen LogP contribution in [0.15, 0.2) is 35.3 Å². The van der Waals surface area contributed by atoms with Crippen LogP contribution in [0, 0.1) is 0 Å². The summed E-state index contributed by atoms with van der Waals surface area (Å²) in [7, 11) is 1.84. The summed E-state index contributed by atoms with van der Waals surface area (Å²) in [5.74, 6) is 0.905. The van der Waals surface area contributed by atoms with Gasteiger partial charge in [-0.1, -0.05) is 18.2 Å². The van der Waals surface area contributed by atoms with Crippen molar-refractivity contribution < 1.29 is 0 Å². The van der Waals surface area contributed by atoms with Gasteiger partial charge in [0.25, 0.3) is 0 Å². The molecule has 1 aromatic rings. The fourth-order valence-electron chi connectivity index (χ4n) is 2.51. The standard InChI is InChI=1S/C17H28N4S.HI/c1-17(2,22-4)13-19-16(18-3)20-14-10-11-21(12-14)15-8-6-5-7-9-15;/h5-9,14H,10-13H2,1-4H3,(H2,18,19,20);1H. The van der Waals surface area contributed by atoms with Crippen LogP contribution in [0.25, 0.3) is 0 Å². The summed E-state index contributed by atoms with van der Waals surface area (Å²) in [5, 5.41) is 6.99. The summed E-state index contributed by atoms with van der Waals surface area (Å²) in [4.78, 5) is 6.78. The van der Waals surface area contributed by atoms with Crippen molar-refractivity contribution >= 4 is 47.4 Å². The lowest BCUT2D eigenvalue weighted by Gasteiger charge is -2.25. The van der Waals surface area contributed by atoms with E-state index in [4.69, 9.17) is 0 Å². The third kappa shape index (κ3) is 6.41. The van der Waals surface area contributed by atoms with Gasteiger partial charge in [-0.3, -0.25) is 4.99 Å². The van der Waals surface area contributed by atoms with E-state index in [-0.39, 0.29) is 28.7 Å². The number of nitrogens with one attached hydrogen (secondary N) is 2. The Morgan fingerprint density at radius 3 is 2.65 bits per heavy atom. The van der Waals surface area contributed by atoms with Crippen LogP contribution in [0.1, 0.15) is 20.3 Å². The fourth-order valence-corrected chi connectivity index (χ4v) is 2.72. The Kier molecular flexibility index (Phi) is 8.53. The van der Waals surface area contributed by atoms with E-state index >= 15 is 0 Å². The monoisotopic (exact) mass is 448 g/mol. The molecule has 1 unspecified atom stereocenters. The zero-order valence-corrected chi connectivity index (χ0v) is 17.7. The van der Waals surface area contributed by atoms with Crippen LogP contribution < -0.4 is 15.5 Å². The summed E-state index contributed by atoms with van der Waals surface area (Å²) < 4.78 is 0.212. The first kappa shape index (κ1) is 20.4. The molecule has 1 heterocycles. The molecule has 0 radical (unpaired) electrons. The quantitative estimate of drug-likeness (QED) is 0.413. The maximum atomic E-state index is 4.35. The molecule has 1 aromatic carbocycles. The SMILES string of the molecule is CN=C(NCC(C)(C)SC)NC1CCN(c2ccccc2)C1.I. The number of rotatable bonds is 5. The van der Waals surface area contributed by atoms with Crippen LogP contribution in [-0.2, 0) is 0 Å². The topological polar surface area (TPSA) is 39.7 Å². The number of aliphatic imine (C=N–C) groups is 1. The van der Waals surface area contributed by atoms with Crippen molar-refractivity contribution in [3.8, 4) is 0 Å². The molecule has 23 heavy (non-hydrogen) atoms. The van der Waals surface area contributed by atoms with Crippen molar-refractivity contribution in [2.75, 3.05) is 37.8 Å². The van der Waals surface area contributed by atoms with Crippen LogP contribution in [0.2, 0.25) is 0 Å². The molecule has 0 saturated carbocycles. The third-order valence-electron chi connectivity index (χ3n) is 4.11. The molecular formula is C17H29IN4S. The molecule has 0 aromatic heterocycles. The normalized spacial score (nSPS) is 18.5. The van der Waals surface area contributed by atoms with E-state index in [1.807, 2.05) is 18.8 Å². The molecule has 4 nitrogen and oxygen atoms in total. The Morgan fingerprint density at radius 1 is 1.35 bits per heavy atom. The van der Waals surface area contributed by atoms with Crippen LogP contribution >= 0.6 is 35.7 Å². The predicted octanol–water partition coefficient (Wildman–Crippen LogP) is 3.19. The first-order valence-electron chi connectivity index (χ1n) is 7.86. The highest BCUT2D eigenvalue weighted by Crippen LogP contribution is 2.20. The molecule has 2 rings (SSSR count). The Labute approximate surface area is 161 Å². The number of halogens is 1. The smallest absolute Gasteiger partial charge is 0.191 e. The summed E-state index contributed by atoms with van der Waals surface area (Å²) in [6.07, 6.45) is 3.29. The molecule has 2 N–H and O–H groups in total. The van der Waals surface area contributed by atoms with Crippen molar-refractivity contribution in [3.05, 3.63) is 30.3 Å². The number of hydrogen-bond acceptors (Lipinski definition) is 3. The van der Waals surface area contributed by atoms with Gasteiger partial charge >= 0.3 is 0 Å². The Hall–Kier alpha value is -0.630. The van der Waals surface area contributed by atoms with Gasteiger partial charge in [0.05, 0.1) is 0 Å². The van der Waals surface area contributed by atoms with E-state index in [2.05, 4.69) is 71.0 Å². The summed E-state index contributed by atoms with van der Waals surface area (Å²) in [5.41, 5.74) is 1.30. The highest BCUT2D eigenvalue weighted by atomic mass is 127. The number of thioether (sulfide) groups is 1. The lowest BCUT2D eigenvalue weighted by molar-refractivity contribution is 0.623. The number of hydrogen-bond donors (Lipinski definition) is 2. The molecule has 0 spiro atoms. The number of nitrogens with zero attached hydrogens (tertiary/aromatic N) is 2. The van der Waals surface area contributed by atoms with E-state index in [9.17, 15) is 0 Å². The number of para-hydroxylation sites is 1. The Balaban J connectivity index is 0.00000264. The van der Waals surface area contributed by atoms with Gasteiger partial charge in [0, 0.05) is 43.2 Å². The average molecular weight is 448 g/mol. The van der Waals surface area contributed by atoms with Crippen molar-refractivity contribution in [1.29, 1.82) is 0 Å². The molecular weight excluding hydrogens is 419 g/mol. The lowest BCUT2D eigenvalue weighted by atomic mass is 10.2. The Morgan fingerprint density at radius 2 is 2.04 bits per heavy atom. The second-order valence-corrected chi connectivity index (χ2v) is 7.81. The van der Waals surface area contributed by atoms with E-state index in [1.165, 1.54) is 5.69 Å². The molecule has 1 fully saturated rings. The van der Waals surface area contributed by atoms with Gasteiger partial charge in [0.2, 0.25) is 0 Å². The van der Waals surface area contributed by atoms with Gasteiger partial charge in [0.15, 0.2) is 5.96 Å². The van der Waals surface area contributed by atoms with Gasteiger partial charge < -0.3 is 15.5 Å². The van der Waals surface area contributed by atoms with Crippen LogP contribution in [0.4, 0.5) is 5.69 Å². The molecule has 0 amide bonds. The summed E-state index contributed by atoms with van der Waals surface area (Å²) >= 11 is 1.87. The lowest BCUT2D eigenvalue weighted by Crippen LogP contribution is -2.47. The highest BCUT2D eigenvalue weighted by molar-refractivity contribution is 14.0. The highest BCUT2D eigenvalue weighted by Gasteiger charge is 2.24. The van der Waals surface area contributed by atoms with E-state index in [1.54, 1.807) is 0 Å². The summed E-state index contributed by atoms with van der Waals surface area (Å²) in [6, 6.07) is 11.1. The van der Waals surface area contributed by atoms with Crippen molar-refractivity contribution in [2.45, 2.75) is 31.1 Å². The Bertz CT molecular complexity index is 493. The fraction of sp³-hybridized carbons (Fsp3) is 0.588. The second-order valence-electron chi connectivity index (χ2n) is 6.30. The van der Waals surface area contributed by atoms with E-state index in [0.717, 1.165) is 32.0 Å². The first-order chi connectivity index (χ1) is 10.5. The minimum absolute atomic E-state index is 0. The molecule has 1 atom stereocenters. The number of anilines is 1. The average Bonchev–Trinajstić information content (AvgIpc) is 3.01. The molecule has 1 aliphatic rings. The summed E-state index contributed by atoms with van der Waals surface area (Å²) in [6.45, 7) is 7.50. The van der Waals surface area contributed by atoms with Crippen LogP contribution in [-0.4, -0.2) is 49.7 Å². The van der Waals surface area contributed by atoms with Crippen LogP contribution in [0.5, 0.6) is 0 Å². The largest absolute Gasteiger partial charge is 0.369 e. The second kappa shape index (κ2) is 9.61. The van der Waals surface area contributed by atoms with Gasteiger partial charge in [-0.05, 0) is 38.7 Å². The number of guanidine groups is 1. The van der Waals surface area contributed by atoms with Crippen molar-refractivity contribution in [1.82, 2.24) is 10.6 Å². The van der Waals surface area contributed by atoms with Crippen LogP contribution in [0.3, 0.4) is 0 Å². The first-order valence-corrected chi connectivity index (χ1v) is 9.09. The third-order valence-corrected chi connectivity index (χ3v) is 5.36. The van der Waals surface area contributed by atoms with E-state index < -0.39 is 0 Å². The molecule has 1 saturated heterocycles. The van der Waals surface area contributed by atoms with Gasteiger partial charge in [-0.15, -0.1) is 24.0 Å². The van der Waals surface area contributed by atoms with E-state index in [0.29, 0.717) is 6.04 Å². The molecule has 0 aliphatic carbocycles. The van der Waals surface area contributed by atoms with Gasteiger partial charge in [-0.25, -0.2) is 0 Å². The van der Waals surface area contributed by atoms with Gasteiger partial charge in [0.1, 0.15) is 0 Å². The zero-order valence-electron chi connectivity index (χ0n) is 14.5. The maximum Gasteiger partial charge on any atom is 0.191 e.